The Morgan fingerprint density at radius 2 is 2.36 bits per heavy atom. The van der Waals surface area contributed by atoms with E-state index in [1.54, 1.807) is 0 Å². The van der Waals surface area contributed by atoms with E-state index < -0.39 is 19.1 Å². The van der Waals surface area contributed by atoms with Crippen LogP contribution in [0, 0.1) is 10.1 Å². The van der Waals surface area contributed by atoms with Crippen molar-refractivity contribution in [3.05, 3.63) is 10.1 Å². The van der Waals surface area contributed by atoms with Crippen LogP contribution in [0.15, 0.2) is 0 Å². The first-order valence-electron chi connectivity index (χ1n) is 2.82. The van der Waals surface area contributed by atoms with Gasteiger partial charge in [-0.1, -0.05) is 0 Å². The maximum atomic E-state index is 10.8. The summed E-state index contributed by atoms with van der Waals surface area (Å²) in [5, 5.41) is 12.0. The van der Waals surface area contributed by atoms with Crippen molar-refractivity contribution < 1.29 is 14.0 Å². The molecule has 66 valence electrons. The second kappa shape index (κ2) is 4.40. The van der Waals surface area contributed by atoms with Gasteiger partial charge in [0.15, 0.2) is 0 Å². The van der Waals surface area contributed by atoms with Gasteiger partial charge in [0.2, 0.25) is 6.54 Å². The maximum Gasteiger partial charge on any atom is 0.338 e. The van der Waals surface area contributed by atoms with E-state index in [0.717, 1.165) is 0 Å². The van der Waals surface area contributed by atoms with Crippen LogP contribution in [0.1, 0.15) is 0 Å². The molecule has 1 unspecified atom stereocenters. The van der Waals surface area contributed by atoms with Crippen LogP contribution >= 0.6 is 7.67 Å². The number of rotatable bonds is 5. The summed E-state index contributed by atoms with van der Waals surface area (Å²) in [5.41, 5.74) is 5.00. The summed E-state index contributed by atoms with van der Waals surface area (Å²) in [7, 11) is -1.93. The van der Waals surface area contributed by atoms with E-state index in [2.05, 4.69) is 9.61 Å². The quantitative estimate of drug-likeness (QED) is 0.340. The first-order valence-corrected chi connectivity index (χ1v) is 4.51. The van der Waals surface area contributed by atoms with E-state index in [9.17, 15) is 14.7 Å². The molecule has 1 atom stereocenters. The summed E-state index contributed by atoms with van der Waals surface area (Å²) in [6.07, 6.45) is 0. The number of nitrogens with one attached hydrogen (secondary N) is 1. The largest absolute Gasteiger partial charge is 0.338 e. The Morgan fingerprint density at radius 1 is 1.82 bits per heavy atom. The molecule has 0 aliphatic carbocycles. The van der Waals surface area contributed by atoms with Gasteiger partial charge in [0.1, 0.15) is 6.61 Å². The molecule has 0 amide bonds. The fourth-order valence-corrected chi connectivity index (χ4v) is 0.798. The van der Waals surface area contributed by atoms with Crippen molar-refractivity contribution >= 4 is 7.67 Å². The van der Waals surface area contributed by atoms with Crippen molar-refractivity contribution in [2.75, 3.05) is 20.2 Å². The third kappa shape index (κ3) is 5.93. The lowest BCUT2D eigenvalue weighted by Gasteiger charge is -2.08. The molecule has 0 aromatic heterocycles. The molecule has 7 nitrogen and oxygen atoms in total. The van der Waals surface area contributed by atoms with Gasteiger partial charge in [0.25, 0.3) is 0 Å². The molecule has 8 heteroatoms. The molecule has 3 N–H and O–H groups in total. The van der Waals surface area contributed by atoms with Crippen LogP contribution in [0.2, 0.25) is 0 Å². The predicted molar refractivity (Wildman–Crippen MR) is 38.7 cm³/mol. The molecule has 0 aromatic rings. The normalized spacial score (nSPS) is 15.8. The number of hydrogen-bond donors (Lipinski definition) is 2. The molecule has 0 saturated heterocycles. The van der Waals surface area contributed by atoms with E-state index in [1.165, 1.54) is 7.05 Å². The van der Waals surface area contributed by atoms with Crippen LogP contribution in [0.5, 0.6) is 0 Å². The molecule has 0 aliphatic heterocycles. The zero-order chi connectivity index (χ0) is 8.91. The first kappa shape index (κ1) is 10.5. The number of nitrogens with two attached hydrogens (primary N) is 1. The third-order valence-electron chi connectivity index (χ3n) is 0.869. The highest BCUT2D eigenvalue weighted by Crippen LogP contribution is 2.30. The molecule has 0 saturated carbocycles. The molecular formula is C3H10N3O4P. The standard InChI is InChI=1S/C3H10N3O4P/c1-5-11(4,9)10-3-2-6(7)8/h2-3H2,1H3,(H3,4,5,9). The summed E-state index contributed by atoms with van der Waals surface area (Å²) in [6, 6.07) is 0. The zero-order valence-electron chi connectivity index (χ0n) is 6.02. The number of nitrogens with zero attached hydrogens (tertiary/aromatic N) is 1. The van der Waals surface area contributed by atoms with Crippen molar-refractivity contribution in [1.29, 1.82) is 0 Å². The fraction of sp³-hybridized carbons (Fsp3) is 1.00. The topological polar surface area (TPSA) is 107 Å². The lowest BCUT2D eigenvalue weighted by molar-refractivity contribution is -0.481. The van der Waals surface area contributed by atoms with Crippen molar-refractivity contribution in [2.45, 2.75) is 0 Å². The smallest absolute Gasteiger partial charge is 0.299 e. The number of nitro groups is 1. The van der Waals surface area contributed by atoms with Gasteiger partial charge in [-0.25, -0.2) is 10.6 Å². The number of hydrogen-bond acceptors (Lipinski definition) is 4. The Labute approximate surface area is 63.6 Å². The van der Waals surface area contributed by atoms with Crippen LogP contribution in [0.25, 0.3) is 0 Å². The second-order valence-electron chi connectivity index (χ2n) is 1.71. The van der Waals surface area contributed by atoms with E-state index in [1.807, 2.05) is 0 Å². The first-order chi connectivity index (χ1) is 4.98. The predicted octanol–water partition coefficient (Wildman–Crippen LogP) is -0.434. The lowest BCUT2D eigenvalue weighted by atomic mass is 10.7. The van der Waals surface area contributed by atoms with E-state index in [-0.39, 0.29) is 6.61 Å². The highest BCUT2D eigenvalue weighted by Gasteiger charge is 2.13. The minimum atomic E-state index is -3.28. The van der Waals surface area contributed by atoms with Crippen LogP contribution < -0.4 is 10.6 Å². The maximum absolute atomic E-state index is 10.8. The van der Waals surface area contributed by atoms with Gasteiger partial charge in [0, 0.05) is 4.92 Å². The van der Waals surface area contributed by atoms with Gasteiger partial charge in [-0.15, -0.1) is 0 Å². The molecule has 11 heavy (non-hydrogen) atoms. The van der Waals surface area contributed by atoms with E-state index in [0.29, 0.717) is 0 Å². The lowest BCUT2D eigenvalue weighted by Crippen LogP contribution is -2.17. The third-order valence-corrected chi connectivity index (χ3v) is 2.06. The molecule has 0 heterocycles. The van der Waals surface area contributed by atoms with Crippen molar-refractivity contribution in [3.63, 3.8) is 0 Å². The summed E-state index contributed by atoms with van der Waals surface area (Å²) in [6.45, 7) is -0.648. The monoisotopic (exact) mass is 183 g/mol. The molecular weight excluding hydrogens is 173 g/mol. The summed E-state index contributed by atoms with van der Waals surface area (Å²) < 4.78 is 15.3. The molecule has 0 aliphatic rings. The van der Waals surface area contributed by atoms with Crippen LogP contribution in [0.4, 0.5) is 0 Å². The summed E-state index contributed by atoms with van der Waals surface area (Å²) >= 11 is 0. The molecule has 0 fully saturated rings. The van der Waals surface area contributed by atoms with Gasteiger partial charge in [-0.05, 0) is 7.05 Å². The van der Waals surface area contributed by atoms with Gasteiger partial charge < -0.3 is 0 Å². The molecule has 0 bridgehead atoms. The van der Waals surface area contributed by atoms with Gasteiger partial charge in [-0.3, -0.25) is 19.2 Å². The summed E-state index contributed by atoms with van der Waals surface area (Å²) in [4.78, 5) is 9.17. The van der Waals surface area contributed by atoms with Gasteiger partial charge in [-0.2, -0.15) is 0 Å². The Balaban J connectivity index is 3.54. The van der Waals surface area contributed by atoms with Crippen LogP contribution in [-0.4, -0.2) is 25.1 Å². The second-order valence-corrected chi connectivity index (χ2v) is 3.61. The molecule has 0 spiro atoms. The van der Waals surface area contributed by atoms with Crippen LogP contribution in [0.3, 0.4) is 0 Å². The minimum Gasteiger partial charge on any atom is -0.299 e. The highest BCUT2D eigenvalue weighted by molar-refractivity contribution is 7.54. The summed E-state index contributed by atoms with van der Waals surface area (Å²) in [5.74, 6) is 0. The Morgan fingerprint density at radius 3 is 2.73 bits per heavy atom. The minimum absolute atomic E-state index is 0.248. The highest BCUT2D eigenvalue weighted by atomic mass is 31.2. The fourth-order valence-electron chi connectivity index (χ4n) is 0.316. The van der Waals surface area contributed by atoms with E-state index >= 15 is 0 Å². The Bertz CT molecular complexity index is 183. The van der Waals surface area contributed by atoms with Gasteiger partial charge >= 0.3 is 7.67 Å². The van der Waals surface area contributed by atoms with Crippen molar-refractivity contribution in [3.8, 4) is 0 Å². The molecule has 0 radical (unpaired) electrons. The molecule has 0 rings (SSSR count). The zero-order valence-corrected chi connectivity index (χ0v) is 6.91. The SMILES string of the molecule is CNP(N)(=O)OCC[N+](=O)[O-]. The van der Waals surface area contributed by atoms with Crippen molar-refractivity contribution in [2.24, 2.45) is 5.50 Å². The van der Waals surface area contributed by atoms with Crippen LogP contribution in [-0.2, 0) is 9.09 Å². The average Bonchev–Trinajstić information content (AvgIpc) is 1.87. The van der Waals surface area contributed by atoms with E-state index in [4.69, 9.17) is 5.50 Å². The Hall–Kier alpha value is -0.490. The average molecular weight is 183 g/mol. The Kier molecular flexibility index (Phi) is 4.20. The molecule has 0 aromatic carbocycles. The van der Waals surface area contributed by atoms with Gasteiger partial charge in [0.05, 0.1) is 0 Å². The van der Waals surface area contributed by atoms with Crippen molar-refractivity contribution in [1.82, 2.24) is 5.09 Å².